The number of ether oxygens (including phenoxy) is 1. The highest BCUT2D eigenvalue weighted by atomic mass is 16.5. The average Bonchev–Trinajstić information content (AvgIpc) is 2.73. The van der Waals surface area contributed by atoms with Crippen LogP contribution in [0.25, 0.3) is 10.9 Å². The van der Waals surface area contributed by atoms with Crippen LogP contribution < -0.4 is 0 Å². The Labute approximate surface area is 113 Å². The van der Waals surface area contributed by atoms with Gasteiger partial charge in [-0.3, -0.25) is 4.79 Å². The van der Waals surface area contributed by atoms with Crippen molar-refractivity contribution in [3.8, 4) is 0 Å². The van der Waals surface area contributed by atoms with Gasteiger partial charge in [-0.05, 0) is 37.8 Å². The van der Waals surface area contributed by atoms with Gasteiger partial charge in [0.2, 0.25) is 0 Å². The Bertz CT molecular complexity index is 627. The minimum Gasteiger partial charge on any atom is -0.466 e. The molecule has 0 bridgehead atoms. The van der Waals surface area contributed by atoms with E-state index in [0.29, 0.717) is 6.61 Å². The second kappa shape index (κ2) is 4.72. The normalized spacial score (nSPS) is 18.3. The molecule has 0 amide bonds. The highest BCUT2D eigenvalue weighted by Gasteiger charge is 2.31. The first-order valence-corrected chi connectivity index (χ1v) is 6.96. The molecule has 0 saturated carbocycles. The van der Waals surface area contributed by atoms with Crippen LogP contribution in [0.3, 0.4) is 0 Å². The van der Waals surface area contributed by atoms with Crippen LogP contribution in [0.15, 0.2) is 24.3 Å². The third-order valence-corrected chi connectivity index (χ3v) is 4.10. The average molecular weight is 257 g/mol. The van der Waals surface area contributed by atoms with Gasteiger partial charge in [-0.1, -0.05) is 18.2 Å². The molecule has 1 aliphatic carbocycles. The van der Waals surface area contributed by atoms with E-state index in [1.54, 1.807) is 0 Å². The molecule has 100 valence electrons. The SMILES string of the molecule is CCOC(=O)C1CCCc2c1c1ccccc1n2C. The first-order chi connectivity index (χ1) is 9.24. The third-order valence-electron chi connectivity index (χ3n) is 4.10. The van der Waals surface area contributed by atoms with Gasteiger partial charge < -0.3 is 9.30 Å². The van der Waals surface area contributed by atoms with Crippen LogP contribution >= 0.6 is 0 Å². The van der Waals surface area contributed by atoms with Crippen LogP contribution in [-0.2, 0) is 23.0 Å². The molecule has 0 saturated heterocycles. The number of para-hydroxylation sites is 1. The van der Waals surface area contributed by atoms with E-state index in [-0.39, 0.29) is 11.9 Å². The molecule has 1 aliphatic rings. The lowest BCUT2D eigenvalue weighted by atomic mass is 9.85. The van der Waals surface area contributed by atoms with Gasteiger partial charge in [0, 0.05) is 23.6 Å². The molecule has 3 heteroatoms. The van der Waals surface area contributed by atoms with E-state index in [0.717, 1.165) is 19.3 Å². The Morgan fingerprint density at radius 1 is 1.42 bits per heavy atom. The zero-order valence-corrected chi connectivity index (χ0v) is 11.5. The van der Waals surface area contributed by atoms with Crippen LogP contribution in [0.5, 0.6) is 0 Å². The summed E-state index contributed by atoms with van der Waals surface area (Å²) in [7, 11) is 2.09. The monoisotopic (exact) mass is 257 g/mol. The smallest absolute Gasteiger partial charge is 0.313 e. The van der Waals surface area contributed by atoms with Gasteiger partial charge in [-0.25, -0.2) is 0 Å². The molecular weight excluding hydrogens is 238 g/mol. The molecule has 1 atom stereocenters. The van der Waals surface area contributed by atoms with Crippen molar-refractivity contribution in [3.63, 3.8) is 0 Å². The molecule has 1 aromatic carbocycles. The summed E-state index contributed by atoms with van der Waals surface area (Å²) >= 11 is 0. The maximum atomic E-state index is 12.2. The van der Waals surface area contributed by atoms with Crippen molar-refractivity contribution >= 4 is 16.9 Å². The molecule has 1 unspecified atom stereocenters. The lowest BCUT2D eigenvalue weighted by Gasteiger charge is -2.22. The Morgan fingerprint density at radius 2 is 2.21 bits per heavy atom. The van der Waals surface area contributed by atoms with Crippen molar-refractivity contribution in [2.45, 2.75) is 32.1 Å². The minimum atomic E-state index is -0.0881. The molecule has 19 heavy (non-hydrogen) atoms. The number of benzene rings is 1. The van der Waals surface area contributed by atoms with Gasteiger partial charge in [0.05, 0.1) is 12.5 Å². The summed E-state index contributed by atoms with van der Waals surface area (Å²) in [6.07, 6.45) is 3.01. The maximum absolute atomic E-state index is 12.2. The molecule has 3 rings (SSSR count). The van der Waals surface area contributed by atoms with Crippen molar-refractivity contribution in [1.82, 2.24) is 4.57 Å². The van der Waals surface area contributed by atoms with Crippen LogP contribution in [0, 0.1) is 0 Å². The maximum Gasteiger partial charge on any atom is 0.313 e. The van der Waals surface area contributed by atoms with Gasteiger partial charge in [-0.15, -0.1) is 0 Å². The number of aryl methyl sites for hydroxylation is 1. The summed E-state index contributed by atoms with van der Waals surface area (Å²) in [5.74, 6) is -0.158. The van der Waals surface area contributed by atoms with Gasteiger partial charge in [0.25, 0.3) is 0 Å². The van der Waals surface area contributed by atoms with Crippen LogP contribution in [-0.4, -0.2) is 17.1 Å². The molecule has 3 nitrogen and oxygen atoms in total. The number of rotatable bonds is 2. The second-order valence-electron chi connectivity index (χ2n) is 5.13. The van der Waals surface area contributed by atoms with Crippen molar-refractivity contribution in [3.05, 3.63) is 35.5 Å². The standard InChI is InChI=1S/C16H19NO2/c1-3-19-16(18)12-8-6-10-14-15(12)11-7-4-5-9-13(11)17(14)2/h4-5,7,9,12H,3,6,8,10H2,1-2H3. The molecule has 0 N–H and O–H groups in total. The predicted molar refractivity (Wildman–Crippen MR) is 75.2 cm³/mol. The topological polar surface area (TPSA) is 31.2 Å². The van der Waals surface area contributed by atoms with Gasteiger partial charge in [0.1, 0.15) is 0 Å². The quantitative estimate of drug-likeness (QED) is 0.774. The minimum absolute atomic E-state index is 0.0696. The molecule has 0 spiro atoms. The summed E-state index contributed by atoms with van der Waals surface area (Å²) in [4.78, 5) is 12.2. The van der Waals surface area contributed by atoms with Gasteiger partial charge >= 0.3 is 5.97 Å². The Hall–Kier alpha value is -1.77. The van der Waals surface area contributed by atoms with E-state index in [4.69, 9.17) is 4.74 Å². The lowest BCUT2D eigenvalue weighted by molar-refractivity contribution is -0.145. The summed E-state index contributed by atoms with van der Waals surface area (Å²) in [6.45, 7) is 2.32. The van der Waals surface area contributed by atoms with Crippen molar-refractivity contribution < 1.29 is 9.53 Å². The van der Waals surface area contributed by atoms with E-state index < -0.39 is 0 Å². The van der Waals surface area contributed by atoms with E-state index >= 15 is 0 Å². The summed E-state index contributed by atoms with van der Waals surface area (Å²) in [5, 5.41) is 1.21. The molecule has 1 heterocycles. The van der Waals surface area contributed by atoms with Crippen molar-refractivity contribution in [2.75, 3.05) is 6.61 Å². The number of carbonyl (C=O) groups excluding carboxylic acids is 1. The molecule has 0 aliphatic heterocycles. The molecular formula is C16H19NO2. The predicted octanol–water partition coefficient (Wildman–Crippen LogP) is 3.16. The number of nitrogens with zero attached hydrogens (tertiary/aromatic N) is 1. The van der Waals surface area contributed by atoms with Crippen LogP contribution in [0.4, 0.5) is 0 Å². The zero-order valence-electron chi connectivity index (χ0n) is 11.5. The van der Waals surface area contributed by atoms with Gasteiger partial charge in [-0.2, -0.15) is 0 Å². The number of fused-ring (bicyclic) bond motifs is 3. The Kier molecular flexibility index (Phi) is 3.05. The van der Waals surface area contributed by atoms with E-state index in [1.807, 2.05) is 19.1 Å². The highest BCUT2D eigenvalue weighted by molar-refractivity contribution is 5.92. The summed E-state index contributed by atoms with van der Waals surface area (Å²) in [6, 6.07) is 8.33. The number of carbonyl (C=O) groups is 1. The fourth-order valence-electron chi connectivity index (χ4n) is 3.26. The van der Waals surface area contributed by atoms with E-state index in [9.17, 15) is 4.79 Å². The van der Waals surface area contributed by atoms with E-state index in [2.05, 4.69) is 23.7 Å². The first kappa shape index (κ1) is 12.3. The second-order valence-corrected chi connectivity index (χ2v) is 5.13. The summed E-state index contributed by atoms with van der Waals surface area (Å²) < 4.78 is 7.48. The summed E-state index contributed by atoms with van der Waals surface area (Å²) in [5.41, 5.74) is 3.71. The zero-order chi connectivity index (χ0) is 13.4. The lowest BCUT2D eigenvalue weighted by Crippen LogP contribution is -2.21. The van der Waals surface area contributed by atoms with Crippen molar-refractivity contribution in [1.29, 1.82) is 0 Å². The fourth-order valence-corrected chi connectivity index (χ4v) is 3.26. The molecule has 0 radical (unpaired) electrons. The Morgan fingerprint density at radius 3 is 3.00 bits per heavy atom. The van der Waals surface area contributed by atoms with Crippen LogP contribution in [0.2, 0.25) is 0 Å². The number of esters is 1. The molecule has 1 aromatic heterocycles. The number of hydrogen-bond acceptors (Lipinski definition) is 2. The van der Waals surface area contributed by atoms with Crippen LogP contribution in [0.1, 0.15) is 36.9 Å². The largest absolute Gasteiger partial charge is 0.466 e. The third kappa shape index (κ3) is 1.84. The number of hydrogen-bond donors (Lipinski definition) is 0. The number of aromatic nitrogens is 1. The fraction of sp³-hybridized carbons (Fsp3) is 0.438. The van der Waals surface area contributed by atoms with Crippen molar-refractivity contribution in [2.24, 2.45) is 7.05 Å². The first-order valence-electron chi connectivity index (χ1n) is 6.96. The van der Waals surface area contributed by atoms with E-state index in [1.165, 1.54) is 22.2 Å². The molecule has 2 aromatic rings. The Balaban J connectivity index is 2.18. The molecule has 0 fully saturated rings. The highest BCUT2D eigenvalue weighted by Crippen LogP contribution is 2.39. The van der Waals surface area contributed by atoms with Gasteiger partial charge in [0.15, 0.2) is 0 Å².